The van der Waals surface area contributed by atoms with Gasteiger partial charge in [0.25, 0.3) is 5.91 Å². The van der Waals surface area contributed by atoms with Gasteiger partial charge in [0.1, 0.15) is 0 Å². The summed E-state index contributed by atoms with van der Waals surface area (Å²) in [4.78, 5) is 25.2. The Balaban J connectivity index is 1.17. The summed E-state index contributed by atoms with van der Waals surface area (Å²) in [5, 5.41) is 3.31. The van der Waals surface area contributed by atoms with Crippen molar-refractivity contribution in [2.45, 2.75) is 82.8 Å². The number of carbonyl (C=O) groups excluding carboxylic acids is 2. The third kappa shape index (κ3) is 3.46. The zero-order valence-corrected chi connectivity index (χ0v) is 16.8. The second-order valence-electron chi connectivity index (χ2n) is 9.95. The highest BCUT2D eigenvalue weighted by Gasteiger charge is 2.51. The lowest BCUT2D eigenvalue weighted by atomic mass is 9.53. The van der Waals surface area contributed by atoms with E-state index in [1.165, 1.54) is 36.8 Å². The molecule has 5 aliphatic rings. The Bertz CT molecular complexity index is 764. The first-order valence-electron chi connectivity index (χ1n) is 11.1. The fourth-order valence-electron chi connectivity index (χ4n) is 6.82. The Morgan fingerprint density at radius 3 is 2.39 bits per heavy atom. The van der Waals surface area contributed by atoms with Crippen molar-refractivity contribution < 1.29 is 14.3 Å². The van der Waals surface area contributed by atoms with Gasteiger partial charge in [0.2, 0.25) is 0 Å². The van der Waals surface area contributed by atoms with E-state index in [1.807, 2.05) is 6.07 Å². The number of carbonyl (C=O) groups is 2. The van der Waals surface area contributed by atoms with Gasteiger partial charge in [-0.25, -0.2) is 0 Å². The summed E-state index contributed by atoms with van der Waals surface area (Å²) in [6.45, 7) is 1.70. The molecule has 1 aromatic carbocycles. The first kappa shape index (κ1) is 18.2. The number of ether oxygens (including phenoxy) is 1. The van der Waals surface area contributed by atoms with Crippen LogP contribution in [0, 0.1) is 17.8 Å². The van der Waals surface area contributed by atoms with Crippen LogP contribution in [0.2, 0.25) is 0 Å². The molecule has 0 aromatic heterocycles. The summed E-state index contributed by atoms with van der Waals surface area (Å²) < 4.78 is 5.50. The molecule has 0 aliphatic heterocycles. The van der Waals surface area contributed by atoms with Crippen LogP contribution in [0.4, 0.5) is 0 Å². The molecule has 0 spiro atoms. The molecule has 4 bridgehead atoms. The van der Waals surface area contributed by atoms with Gasteiger partial charge in [-0.2, -0.15) is 0 Å². The topological polar surface area (TPSA) is 55.4 Å². The molecule has 28 heavy (non-hydrogen) atoms. The third-order valence-corrected chi connectivity index (χ3v) is 7.62. The SMILES string of the molecule is C[C@@H](OC(=O)Cc1ccc2c(c1)CCC2)C(=O)NC12CC3CC(CC(C3)C1)C2. The summed E-state index contributed by atoms with van der Waals surface area (Å²) in [6.07, 6.45) is 10.3. The van der Waals surface area contributed by atoms with Crippen molar-refractivity contribution in [1.82, 2.24) is 5.32 Å². The van der Waals surface area contributed by atoms with E-state index in [2.05, 4.69) is 17.4 Å². The lowest BCUT2D eigenvalue weighted by Crippen LogP contribution is -2.61. The van der Waals surface area contributed by atoms with Gasteiger partial charge < -0.3 is 10.1 Å². The molecule has 6 rings (SSSR count). The molecule has 0 radical (unpaired) electrons. The highest BCUT2D eigenvalue weighted by molar-refractivity contribution is 5.84. The molecule has 0 heterocycles. The highest BCUT2D eigenvalue weighted by Crippen LogP contribution is 2.55. The van der Waals surface area contributed by atoms with Crippen molar-refractivity contribution in [2.24, 2.45) is 17.8 Å². The van der Waals surface area contributed by atoms with Gasteiger partial charge in [0, 0.05) is 5.54 Å². The fourth-order valence-corrected chi connectivity index (χ4v) is 6.82. The monoisotopic (exact) mass is 381 g/mol. The molecule has 5 aliphatic carbocycles. The summed E-state index contributed by atoms with van der Waals surface area (Å²) in [6, 6.07) is 6.28. The van der Waals surface area contributed by atoms with Crippen molar-refractivity contribution in [1.29, 1.82) is 0 Å². The third-order valence-electron chi connectivity index (χ3n) is 7.62. The number of esters is 1. The number of amides is 1. The number of hydrogen-bond donors (Lipinski definition) is 1. The normalized spacial score (nSPS) is 33.4. The van der Waals surface area contributed by atoms with Crippen LogP contribution < -0.4 is 5.32 Å². The van der Waals surface area contributed by atoms with E-state index in [0.29, 0.717) is 0 Å². The van der Waals surface area contributed by atoms with Crippen LogP contribution in [0.15, 0.2) is 18.2 Å². The molecule has 1 atom stereocenters. The minimum atomic E-state index is -0.727. The van der Waals surface area contributed by atoms with Gasteiger partial charge in [-0.1, -0.05) is 18.2 Å². The van der Waals surface area contributed by atoms with Gasteiger partial charge in [0.15, 0.2) is 6.10 Å². The number of rotatable bonds is 5. The number of fused-ring (bicyclic) bond motifs is 1. The van der Waals surface area contributed by atoms with Crippen molar-refractivity contribution in [2.75, 3.05) is 0 Å². The minimum Gasteiger partial charge on any atom is -0.452 e. The Kier molecular flexibility index (Phi) is 4.48. The Morgan fingerprint density at radius 1 is 1.07 bits per heavy atom. The summed E-state index contributed by atoms with van der Waals surface area (Å²) in [7, 11) is 0. The predicted molar refractivity (Wildman–Crippen MR) is 107 cm³/mol. The van der Waals surface area contributed by atoms with Crippen LogP contribution in [-0.2, 0) is 33.6 Å². The highest BCUT2D eigenvalue weighted by atomic mass is 16.5. The van der Waals surface area contributed by atoms with Crippen LogP contribution in [0.1, 0.15) is 68.6 Å². The molecular weight excluding hydrogens is 350 g/mol. The van der Waals surface area contributed by atoms with E-state index in [-0.39, 0.29) is 23.8 Å². The number of hydrogen-bond acceptors (Lipinski definition) is 3. The maximum Gasteiger partial charge on any atom is 0.311 e. The van der Waals surface area contributed by atoms with Gasteiger partial charge in [-0.05, 0) is 99.2 Å². The molecule has 150 valence electrons. The van der Waals surface area contributed by atoms with Crippen LogP contribution in [-0.4, -0.2) is 23.5 Å². The van der Waals surface area contributed by atoms with Crippen LogP contribution in [0.3, 0.4) is 0 Å². The lowest BCUT2D eigenvalue weighted by molar-refractivity contribution is -0.156. The predicted octanol–water partition coefficient (Wildman–Crippen LogP) is 3.73. The first-order chi connectivity index (χ1) is 13.5. The van der Waals surface area contributed by atoms with Crippen molar-refractivity contribution in [3.05, 3.63) is 34.9 Å². The van der Waals surface area contributed by atoms with Crippen molar-refractivity contribution >= 4 is 11.9 Å². The molecule has 0 saturated heterocycles. The molecule has 4 saturated carbocycles. The Morgan fingerprint density at radius 2 is 1.71 bits per heavy atom. The Labute approximate surface area is 167 Å². The molecule has 4 nitrogen and oxygen atoms in total. The zero-order chi connectivity index (χ0) is 19.3. The van der Waals surface area contributed by atoms with E-state index in [9.17, 15) is 9.59 Å². The quantitative estimate of drug-likeness (QED) is 0.791. The molecule has 4 heteroatoms. The van der Waals surface area contributed by atoms with Gasteiger partial charge in [0.05, 0.1) is 6.42 Å². The molecule has 4 fully saturated rings. The van der Waals surface area contributed by atoms with Gasteiger partial charge in [-0.3, -0.25) is 9.59 Å². The van der Waals surface area contributed by atoms with E-state index in [0.717, 1.165) is 55.4 Å². The number of aryl methyl sites for hydroxylation is 2. The van der Waals surface area contributed by atoms with Gasteiger partial charge >= 0.3 is 5.97 Å². The molecule has 1 aromatic rings. The van der Waals surface area contributed by atoms with E-state index >= 15 is 0 Å². The smallest absolute Gasteiger partial charge is 0.311 e. The van der Waals surface area contributed by atoms with E-state index < -0.39 is 6.10 Å². The summed E-state index contributed by atoms with van der Waals surface area (Å²) in [5.74, 6) is 1.91. The molecular formula is C24H31NO3. The van der Waals surface area contributed by atoms with Crippen LogP contribution in [0.25, 0.3) is 0 Å². The minimum absolute atomic E-state index is 0.0352. The van der Waals surface area contributed by atoms with Crippen LogP contribution >= 0.6 is 0 Å². The van der Waals surface area contributed by atoms with Gasteiger partial charge in [-0.15, -0.1) is 0 Å². The van der Waals surface area contributed by atoms with E-state index in [4.69, 9.17) is 4.74 Å². The van der Waals surface area contributed by atoms with Crippen LogP contribution in [0.5, 0.6) is 0 Å². The summed E-state index contributed by atoms with van der Waals surface area (Å²) >= 11 is 0. The molecule has 1 N–H and O–H groups in total. The average Bonchev–Trinajstić information content (AvgIpc) is 3.07. The zero-order valence-electron chi connectivity index (χ0n) is 16.8. The van der Waals surface area contributed by atoms with Crippen molar-refractivity contribution in [3.63, 3.8) is 0 Å². The number of nitrogens with one attached hydrogen (secondary N) is 1. The lowest BCUT2D eigenvalue weighted by Gasteiger charge is -2.57. The molecule has 1 amide bonds. The maximum absolute atomic E-state index is 12.8. The molecule has 0 unspecified atom stereocenters. The fraction of sp³-hybridized carbons (Fsp3) is 0.667. The van der Waals surface area contributed by atoms with E-state index in [1.54, 1.807) is 6.92 Å². The second kappa shape index (κ2) is 6.89. The average molecular weight is 382 g/mol. The number of benzene rings is 1. The van der Waals surface area contributed by atoms with Crippen molar-refractivity contribution in [3.8, 4) is 0 Å². The summed E-state index contributed by atoms with van der Waals surface area (Å²) in [5.41, 5.74) is 3.71. The largest absolute Gasteiger partial charge is 0.452 e. The standard InChI is InChI=1S/C24H31NO3/c1-15(28-22(26)11-16-5-6-20-3-2-4-21(20)10-16)23(27)25-24-12-17-7-18(13-24)9-19(8-17)14-24/h5-6,10,15,17-19H,2-4,7-9,11-14H2,1H3,(H,25,27)/t15-,17?,18?,19?,24?/m1/s1. The second-order valence-corrected chi connectivity index (χ2v) is 9.95. The first-order valence-corrected chi connectivity index (χ1v) is 11.1. The Hall–Kier alpha value is -1.84. The maximum atomic E-state index is 12.8.